The Morgan fingerprint density at radius 1 is 1.25 bits per heavy atom. The van der Waals surface area contributed by atoms with Crippen LogP contribution in [0.4, 0.5) is 0 Å². The molecule has 0 unspecified atom stereocenters. The smallest absolute Gasteiger partial charge is 0.191 e. The molecule has 0 saturated carbocycles. The Hall–Kier alpha value is -1.61. The summed E-state index contributed by atoms with van der Waals surface area (Å²) in [5, 5.41) is 1.37. The maximum atomic E-state index is 6.07. The number of aromatic nitrogens is 2. The first kappa shape index (κ1) is 9.60. The van der Waals surface area contributed by atoms with E-state index in [0.717, 1.165) is 28.7 Å². The fourth-order valence-electron chi connectivity index (χ4n) is 1.76. The quantitative estimate of drug-likeness (QED) is 0.602. The minimum atomic E-state index is 0.387. The molecule has 0 aliphatic heterocycles. The summed E-state index contributed by atoms with van der Waals surface area (Å²) >= 11 is 6.07. The fraction of sp³-hybridized carbons (Fsp3) is 0.167. The summed E-state index contributed by atoms with van der Waals surface area (Å²) in [4.78, 5) is 8.63. The molecule has 4 heteroatoms. The van der Waals surface area contributed by atoms with Gasteiger partial charge in [-0.15, -0.1) is 0 Å². The van der Waals surface area contributed by atoms with E-state index in [0.29, 0.717) is 10.7 Å². The van der Waals surface area contributed by atoms with Crippen LogP contribution in [0.1, 0.15) is 12.7 Å². The van der Waals surface area contributed by atoms with Crippen molar-refractivity contribution in [3.8, 4) is 0 Å². The van der Waals surface area contributed by atoms with Gasteiger partial charge in [0.15, 0.2) is 10.7 Å². The van der Waals surface area contributed by atoms with Gasteiger partial charge in [-0.3, -0.25) is 0 Å². The minimum Gasteiger partial charge on any atom is -0.451 e. The predicted octanol–water partition coefficient (Wildman–Crippen LogP) is 3.59. The van der Waals surface area contributed by atoms with Crippen LogP contribution in [0.25, 0.3) is 22.1 Å². The van der Waals surface area contributed by atoms with Gasteiger partial charge in [-0.25, -0.2) is 9.97 Å². The number of hydrogen-bond acceptors (Lipinski definition) is 3. The molecule has 1 aromatic carbocycles. The average Bonchev–Trinajstić information content (AvgIpc) is 2.68. The van der Waals surface area contributed by atoms with E-state index in [-0.39, 0.29) is 0 Å². The molecule has 80 valence electrons. The molecule has 0 atom stereocenters. The maximum Gasteiger partial charge on any atom is 0.191 e. The Labute approximate surface area is 97.1 Å². The van der Waals surface area contributed by atoms with Crippen LogP contribution >= 0.6 is 11.6 Å². The van der Waals surface area contributed by atoms with Gasteiger partial charge >= 0.3 is 0 Å². The number of hydrogen-bond donors (Lipinski definition) is 0. The van der Waals surface area contributed by atoms with E-state index in [9.17, 15) is 0 Å². The highest BCUT2D eigenvalue weighted by atomic mass is 35.5. The molecule has 3 aromatic rings. The number of nitrogens with zero attached hydrogens (tertiary/aromatic N) is 2. The lowest BCUT2D eigenvalue weighted by Crippen LogP contribution is -1.92. The number of benzene rings is 1. The summed E-state index contributed by atoms with van der Waals surface area (Å²) < 4.78 is 5.63. The van der Waals surface area contributed by atoms with E-state index in [2.05, 4.69) is 9.97 Å². The molecule has 2 aromatic heterocycles. The molecule has 0 amide bonds. The Morgan fingerprint density at radius 3 is 2.88 bits per heavy atom. The molecule has 16 heavy (non-hydrogen) atoms. The van der Waals surface area contributed by atoms with Crippen molar-refractivity contribution in [3.05, 3.63) is 35.2 Å². The lowest BCUT2D eigenvalue weighted by molar-refractivity contribution is 0.664. The van der Waals surface area contributed by atoms with Gasteiger partial charge in [-0.2, -0.15) is 0 Å². The SMILES string of the molecule is CCc1nc(Cl)c2oc3ccccc3c2n1. The third-order valence-electron chi connectivity index (χ3n) is 2.54. The van der Waals surface area contributed by atoms with E-state index < -0.39 is 0 Å². The van der Waals surface area contributed by atoms with Crippen LogP contribution in [0.2, 0.25) is 5.15 Å². The monoisotopic (exact) mass is 232 g/mol. The highest BCUT2D eigenvalue weighted by Crippen LogP contribution is 2.30. The first-order chi connectivity index (χ1) is 7.79. The molecule has 0 radical (unpaired) electrons. The van der Waals surface area contributed by atoms with Gasteiger partial charge in [0.1, 0.15) is 16.9 Å². The van der Waals surface area contributed by atoms with Gasteiger partial charge in [-0.05, 0) is 12.1 Å². The summed E-state index contributed by atoms with van der Waals surface area (Å²) in [7, 11) is 0. The summed E-state index contributed by atoms with van der Waals surface area (Å²) in [5.41, 5.74) is 2.16. The van der Waals surface area contributed by atoms with Crippen molar-refractivity contribution in [2.24, 2.45) is 0 Å². The Kier molecular flexibility index (Phi) is 2.07. The van der Waals surface area contributed by atoms with Crippen LogP contribution in [-0.4, -0.2) is 9.97 Å². The van der Waals surface area contributed by atoms with E-state index in [1.807, 2.05) is 31.2 Å². The summed E-state index contributed by atoms with van der Waals surface area (Å²) in [5.74, 6) is 0.740. The standard InChI is InChI=1S/C12H9ClN2O/c1-2-9-14-10-7-5-3-4-6-8(7)16-11(10)12(13)15-9/h3-6H,2H2,1H3. The average molecular weight is 233 g/mol. The second-order valence-electron chi connectivity index (χ2n) is 3.56. The zero-order valence-electron chi connectivity index (χ0n) is 8.70. The fourth-order valence-corrected chi connectivity index (χ4v) is 1.98. The van der Waals surface area contributed by atoms with Gasteiger partial charge in [-0.1, -0.05) is 30.7 Å². The second kappa shape index (κ2) is 3.46. The first-order valence-electron chi connectivity index (χ1n) is 5.13. The van der Waals surface area contributed by atoms with Crippen molar-refractivity contribution in [2.45, 2.75) is 13.3 Å². The number of aryl methyl sites for hydroxylation is 1. The van der Waals surface area contributed by atoms with Crippen LogP contribution < -0.4 is 0 Å². The van der Waals surface area contributed by atoms with E-state index in [4.69, 9.17) is 16.0 Å². The first-order valence-corrected chi connectivity index (χ1v) is 5.51. The number of rotatable bonds is 1. The summed E-state index contributed by atoms with van der Waals surface area (Å²) in [6.45, 7) is 2.00. The summed E-state index contributed by atoms with van der Waals surface area (Å²) in [6, 6.07) is 7.76. The molecule has 0 fully saturated rings. The molecular weight excluding hydrogens is 224 g/mol. The van der Waals surface area contributed by atoms with Crippen molar-refractivity contribution in [1.82, 2.24) is 9.97 Å². The zero-order valence-corrected chi connectivity index (χ0v) is 9.45. The van der Waals surface area contributed by atoms with Crippen LogP contribution in [-0.2, 0) is 6.42 Å². The van der Waals surface area contributed by atoms with Gasteiger partial charge in [0.05, 0.1) is 0 Å². The highest BCUT2D eigenvalue weighted by Gasteiger charge is 2.13. The van der Waals surface area contributed by atoms with Crippen molar-refractivity contribution in [3.63, 3.8) is 0 Å². The largest absolute Gasteiger partial charge is 0.451 e. The molecule has 0 spiro atoms. The van der Waals surface area contributed by atoms with E-state index in [1.54, 1.807) is 0 Å². The lowest BCUT2D eigenvalue weighted by atomic mass is 10.2. The highest BCUT2D eigenvalue weighted by molar-refractivity contribution is 6.34. The van der Waals surface area contributed by atoms with Crippen LogP contribution in [0.15, 0.2) is 28.7 Å². The zero-order chi connectivity index (χ0) is 11.1. The lowest BCUT2D eigenvalue weighted by Gasteiger charge is -1.96. The van der Waals surface area contributed by atoms with Gasteiger partial charge in [0.25, 0.3) is 0 Å². The minimum absolute atomic E-state index is 0.387. The molecule has 2 heterocycles. The number of furan rings is 1. The van der Waals surface area contributed by atoms with Gasteiger partial charge in [0.2, 0.25) is 0 Å². The van der Waals surface area contributed by atoms with Crippen LogP contribution in [0.5, 0.6) is 0 Å². The van der Waals surface area contributed by atoms with Gasteiger partial charge < -0.3 is 4.42 Å². The third-order valence-corrected chi connectivity index (χ3v) is 2.80. The van der Waals surface area contributed by atoms with Crippen LogP contribution in [0.3, 0.4) is 0 Å². The van der Waals surface area contributed by atoms with E-state index in [1.165, 1.54) is 0 Å². The van der Waals surface area contributed by atoms with Crippen molar-refractivity contribution >= 4 is 33.7 Å². The molecular formula is C12H9ClN2O. The topological polar surface area (TPSA) is 38.9 Å². The van der Waals surface area contributed by atoms with Crippen molar-refractivity contribution < 1.29 is 4.42 Å². The molecule has 0 aliphatic rings. The molecule has 0 bridgehead atoms. The second-order valence-corrected chi connectivity index (χ2v) is 3.92. The molecule has 3 rings (SSSR count). The Bertz CT molecular complexity index is 675. The normalized spacial score (nSPS) is 11.4. The van der Waals surface area contributed by atoms with Gasteiger partial charge in [0, 0.05) is 11.8 Å². The number of para-hydroxylation sites is 1. The molecule has 3 nitrogen and oxygen atoms in total. The van der Waals surface area contributed by atoms with Crippen LogP contribution in [0, 0.1) is 0 Å². The Morgan fingerprint density at radius 2 is 2.06 bits per heavy atom. The van der Waals surface area contributed by atoms with Crippen molar-refractivity contribution in [1.29, 1.82) is 0 Å². The molecule has 0 N–H and O–H groups in total. The summed E-state index contributed by atoms with van der Waals surface area (Å²) in [6.07, 6.45) is 0.759. The predicted molar refractivity (Wildman–Crippen MR) is 63.7 cm³/mol. The van der Waals surface area contributed by atoms with E-state index >= 15 is 0 Å². The Balaban J connectivity index is 2.51. The number of fused-ring (bicyclic) bond motifs is 3. The molecule has 0 aliphatic carbocycles. The number of halogens is 1. The third kappa shape index (κ3) is 1.28. The molecule has 0 saturated heterocycles. The maximum absolute atomic E-state index is 6.07. The van der Waals surface area contributed by atoms with Crippen molar-refractivity contribution in [2.75, 3.05) is 0 Å².